The van der Waals surface area contributed by atoms with E-state index in [4.69, 9.17) is 4.42 Å². The van der Waals surface area contributed by atoms with Gasteiger partial charge in [0, 0.05) is 10.9 Å². The summed E-state index contributed by atoms with van der Waals surface area (Å²) in [4.78, 5) is 0. The third-order valence-corrected chi connectivity index (χ3v) is 3.93. The van der Waals surface area contributed by atoms with E-state index in [1.54, 1.807) is 6.26 Å². The molecule has 0 bridgehead atoms. The Bertz CT molecular complexity index is 494. The van der Waals surface area contributed by atoms with Gasteiger partial charge in [-0.05, 0) is 24.8 Å². The molecule has 0 amide bonds. The molecule has 1 aromatic heterocycles. The van der Waals surface area contributed by atoms with Gasteiger partial charge in [0.15, 0.2) is 0 Å². The van der Waals surface area contributed by atoms with E-state index in [9.17, 15) is 5.11 Å². The molecule has 2 nitrogen and oxygen atoms in total. The van der Waals surface area contributed by atoms with E-state index in [0.717, 1.165) is 29.4 Å². The maximum Gasteiger partial charge on any atom is 0.134 e. The Balaban J connectivity index is 1.92. The van der Waals surface area contributed by atoms with Gasteiger partial charge >= 0.3 is 0 Å². The van der Waals surface area contributed by atoms with E-state index in [0.29, 0.717) is 5.92 Å². The van der Waals surface area contributed by atoms with Crippen molar-refractivity contribution >= 4 is 11.0 Å². The number of furan rings is 1. The van der Waals surface area contributed by atoms with Gasteiger partial charge in [-0.2, -0.15) is 0 Å². The van der Waals surface area contributed by atoms with Gasteiger partial charge in [-0.15, -0.1) is 0 Å². The average Bonchev–Trinajstić information content (AvgIpc) is 2.83. The minimum Gasteiger partial charge on any atom is -0.464 e. The number of rotatable bonds is 2. The molecule has 1 aromatic carbocycles. The Morgan fingerprint density at radius 1 is 1.12 bits per heavy atom. The van der Waals surface area contributed by atoms with Crippen LogP contribution in [0.3, 0.4) is 0 Å². The summed E-state index contributed by atoms with van der Waals surface area (Å²) in [5.41, 5.74) is 1.84. The highest BCUT2D eigenvalue weighted by atomic mass is 16.3. The Morgan fingerprint density at radius 3 is 2.71 bits per heavy atom. The monoisotopic (exact) mass is 230 g/mol. The third-order valence-electron chi connectivity index (χ3n) is 3.93. The minimum absolute atomic E-state index is 0.362. The molecule has 1 aliphatic rings. The quantitative estimate of drug-likeness (QED) is 0.844. The van der Waals surface area contributed by atoms with Crippen LogP contribution in [-0.4, -0.2) is 5.11 Å². The fourth-order valence-electron chi connectivity index (χ4n) is 2.93. The van der Waals surface area contributed by atoms with Crippen LogP contribution in [0.2, 0.25) is 0 Å². The van der Waals surface area contributed by atoms with Crippen LogP contribution in [-0.2, 0) is 0 Å². The number of aliphatic hydroxyl groups is 1. The molecule has 0 aliphatic heterocycles. The van der Waals surface area contributed by atoms with Crippen molar-refractivity contribution in [1.82, 2.24) is 0 Å². The van der Waals surface area contributed by atoms with Crippen molar-refractivity contribution in [1.29, 1.82) is 0 Å². The summed E-state index contributed by atoms with van der Waals surface area (Å²) in [6.07, 6.45) is 7.45. The standard InChI is InChI=1S/C15H18O2/c16-15(11-6-2-1-3-7-11)13-10-17-14-9-5-4-8-12(13)14/h4-5,8-11,15-16H,1-3,6-7H2. The van der Waals surface area contributed by atoms with Crippen LogP contribution in [0.25, 0.3) is 11.0 Å². The summed E-state index contributed by atoms with van der Waals surface area (Å²) in [5, 5.41) is 11.5. The lowest BCUT2D eigenvalue weighted by Crippen LogP contribution is -2.15. The lowest BCUT2D eigenvalue weighted by molar-refractivity contribution is 0.0853. The zero-order chi connectivity index (χ0) is 11.7. The first kappa shape index (κ1) is 10.8. The fourth-order valence-corrected chi connectivity index (χ4v) is 2.93. The molecule has 1 fully saturated rings. The lowest BCUT2D eigenvalue weighted by atomic mass is 9.83. The van der Waals surface area contributed by atoms with Crippen LogP contribution >= 0.6 is 0 Å². The van der Waals surface area contributed by atoms with Crippen LogP contribution in [0.15, 0.2) is 34.9 Å². The Kier molecular flexibility index (Phi) is 2.89. The zero-order valence-corrected chi connectivity index (χ0v) is 9.93. The van der Waals surface area contributed by atoms with Crippen LogP contribution in [0.5, 0.6) is 0 Å². The van der Waals surface area contributed by atoms with Crippen molar-refractivity contribution in [3.05, 3.63) is 36.1 Å². The second-order valence-electron chi connectivity index (χ2n) is 5.03. The Hall–Kier alpha value is -1.28. The first-order valence-corrected chi connectivity index (χ1v) is 6.50. The lowest BCUT2D eigenvalue weighted by Gasteiger charge is -2.26. The van der Waals surface area contributed by atoms with Crippen LogP contribution in [0, 0.1) is 5.92 Å². The van der Waals surface area contributed by atoms with E-state index in [2.05, 4.69) is 0 Å². The molecule has 1 saturated carbocycles. The van der Waals surface area contributed by atoms with Crippen molar-refractivity contribution in [2.45, 2.75) is 38.2 Å². The van der Waals surface area contributed by atoms with Gasteiger partial charge in [-0.3, -0.25) is 0 Å². The summed E-state index contributed by atoms with van der Waals surface area (Å²) in [6.45, 7) is 0. The van der Waals surface area contributed by atoms with Crippen molar-refractivity contribution < 1.29 is 9.52 Å². The Morgan fingerprint density at radius 2 is 1.88 bits per heavy atom. The molecule has 0 radical (unpaired) electrons. The van der Waals surface area contributed by atoms with Gasteiger partial charge < -0.3 is 9.52 Å². The zero-order valence-electron chi connectivity index (χ0n) is 9.93. The maximum atomic E-state index is 10.5. The highest BCUT2D eigenvalue weighted by Gasteiger charge is 2.25. The molecule has 3 rings (SSSR count). The summed E-state index contributed by atoms with van der Waals surface area (Å²) in [5.74, 6) is 0.407. The molecule has 1 aliphatic carbocycles. The predicted octanol–water partition coefficient (Wildman–Crippen LogP) is 4.05. The van der Waals surface area contributed by atoms with Crippen molar-refractivity contribution in [3.63, 3.8) is 0 Å². The van der Waals surface area contributed by atoms with E-state index in [1.807, 2.05) is 24.3 Å². The second-order valence-corrected chi connectivity index (χ2v) is 5.03. The third kappa shape index (κ3) is 1.98. The van der Waals surface area contributed by atoms with E-state index < -0.39 is 0 Å². The minimum atomic E-state index is -0.362. The number of fused-ring (bicyclic) bond motifs is 1. The van der Waals surface area contributed by atoms with Gasteiger partial charge in [-0.25, -0.2) is 0 Å². The van der Waals surface area contributed by atoms with E-state index in [-0.39, 0.29) is 6.10 Å². The maximum absolute atomic E-state index is 10.5. The predicted molar refractivity (Wildman–Crippen MR) is 67.7 cm³/mol. The Labute approximate surface area is 101 Å². The summed E-state index contributed by atoms with van der Waals surface area (Å²) >= 11 is 0. The summed E-state index contributed by atoms with van der Waals surface area (Å²) < 4.78 is 5.50. The number of hydrogen-bond acceptors (Lipinski definition) is 2. The molecular weight excluding hydrogens is 212 g/mol. The average molecular weight is 230 g/mol. The van der Waals surface area contributed by atoms with Gasteiger partial charge in [0.2, 0.25) is 0 Å². The molecule has 1 N–H and O–H groups in total. The molecule has 2 heteroatoms. The summed E-state index contributed by atoms with van der Waals surface area (Å²) in [7, 11) is 0. The van der Waals surface area contributed by atoms with Crippen LogP contribution in [0.4, 0.5) is 0 Å². The van der Waals surface area contributed by atoms with Gasteiger partial charge in [0.1, 0.15) is 5.58 Å². The van der Waals surface area contributed by atoms with Crippen molar-refractivity contribution in [2.24, 2.45) is 5.92 Å². The summed E-state index contributed by atoms with van der Waals surface area (Å²) in [6, 6.07) is 7.93. The smallest absolute Gasteiger partial charge is 0.134 e. The molecule has 17 heavy (non-hydrogen) atoms. The van der Waals surface area contributed by atoms with E-state index in [1.165, 1.54) is 19.3 Å². The molecular formula is C15H18O2. The first-order valence-electron chi connectivity index (χ1n) is 6.50. The fraction of sp³-hybridized carbons (Fsp3) is 0.467. The van der Waals surface area contributed by atoms with Crippen molar-refractivity contribution in [3.8, 4) is 0 Å². The van der Waals surface area contributed by atoms with Crippen LogP contribution in [0.1, 0.15) is 43.8 Å². The van der Waals surface area contributed by atoms with Gasteiger partial charge in [-0.1, -0.05) is 37.5 Å². The number of hydrogen-bond donors (Lipinski definition) is 1. The van der Waals surface area contributed by atoms with Crippen LogP contribution < -0.4 is 0 Å². The van der Waals surface area contributed by atoms with Gasteiger partial charge in [0.25, 0.3) is 0 Å². The normalized spacial score (nSPS) is 19.6. The largest absolute Gasteiger partial charge is 0.464 e. The molecule has 1 atom stereocenters. The number of para-hydroxylation sites is 1. The molecule has 0 saturated heterocycles. The second kappa shape index (κ2) is 4.53. The first-order chi connectivity index (χ1) is 8.36. The topological polar surface area (TPSA) is 33.4 Å². The number of aliphatic hydroxyl groups excluding tert-OH is 1. The van der Waals surface area contributed by atoms with Crippen molar-refractivity contribution in [2.75, 3.05) is 0 Å². The highest BCUT2D eigenvalue weighted by molar-refractivity contribution is 5.81. The van der Waals surface area contributed by atoms with E-state index >= 15 is 0 Å². The molecule has 90 valence electrons. The molecule has 1 heterocycles. The molecule has 0 spiro atoms. The van der Waals surface area contributed by atoms with Gasteiger partial charge in [0.05, 0.1) is 12.4 Å². The molecule has 2 aromatic rings. The SMILES string of the molecule is OC(c1coc2ccccc12)C1CCCCC1. The highest BCUT2D eigenvalue weighted by Crippen LogP contribution is 2.37. The number of benzene rings is 1. The molecule has 1 unspecified atom stereocenters.